The molecule has 0 bridgehead atoms. The van der Waals surface area contributed by atoms with Crippen molar-refractivity contribution in [3.05, 3.63) is 0 Å². The lowest BCUT2D eigenvalue weighted by molar-refractivity contribution is -0.914. The Hall–Kier alpha value is 0.0169. The van der Waals surface area contributed by atoms with Crippen LogP contribution in [0, 0.1) is 0 Å². The molecule has 0 aliphatic heterocycles. The van der Waals surface area contributed by atoms with Gasteiger partial charge in [-0.1, -0.05) is 0 Å². The summed E-state index contributed by atoms with van der Waals surface area (Å²) in [5, 5.41) is 19.2. The normalized spacial score (nSPS) is 18.9. The Bertz CT molecular complexity index is 235. The molecular formula is C13H32NO4Si+. The van der Waals surface area contributed by atoms with E-state index in [0.717, 1.165) is 19.0 Å². The van der Waals surface area contributed by atoms with Crippen LogP contribution < -0.4 is 0 Å². The highest BCUT2D eigenvalue weighted by Crippen LogP contribution is 2.17. The van der Waals surface area contributed by atoms with Crippen LogP contribution in [0.2, 0.25) is 12.6 Å². The number of nitrogens with zero attached hydrogens (tertiary/aromatic N) is 1. The number of aliphatic hydroxyl groups excluding tert-OH is 2. The lowest BCUT2D eigenvalue weighted by Gasteiger charge is -2.37. The summed E-state index contributed by atoms with van der Waals surface area (Å²) in [4.78, 5) is 0. The maximum absolute atomic E-state index is 9.61. The molecule has 19 heavy (non-hydrogen) atoms. The molecule has 0 spiro atoms. The molecule has 0 saturated heterocycles. The summed E-state index contributed by atoms with van der Waals surface area (Å²) >= 11 is 0. The van der Waals surface area contributed by atoms with Gasteiger partial charge in [-0.2, -0.15) is 0 Å². The fourth-order valence-corrected chi connectivity index (χ4v) is 3.98. The minimum absolute atomic E-state index is 0.364. The van der Waals surface area contributed by atoms with Gasteiger partial charge in [-0.05, 0) is 32.9 Å². The molecule has 0 aliphatic rings. The summed E-state index contributed by atoms with van der Waals surface area (Å²) < 4.78 is 11.6. The lowest BCUT2D eigenvalue weighted by Crippen LogP contribution is -2.52. The number of hydrogen-bond acceptors (Lipinski definition) is 4. The number of likely N-dealkylation sites (N-methyl/N-ethyl adjacent to an activating group) is 1. The third kappa shape index (κ3) is 8.01. The highest BCUT2D eigenvalue weighted by atomic mass is 28.4. The third-order valence-electron chi connectivity index (χ3n) is 3.60. The molecular weight excluding hydrogens is 262 g/mol. The monoisotopic (exact) mass is 294 g/mol. The van der Waals surface area contributed by atoms with Crippen molar-refractivity contribution < 1.29 is 23.5 Å². The van der Waals surface area contributed by atoms with Gasteiger partial charge in [-0.3, -0.25) is 0 Å². The number of hydrogen-bond donors (Lipinski definition) is 2. The van der Waals surface area contributed by atoms with Crippen molar-refractivity contribution in [2.75, 3.05) is 40.9 Å². The molecule has 6 heteroatoms. The van der Waals surface area contributed by atoms with Crippen LogP contribution in [0.25, 0.3) is 0 Å². The minimum atomic E-state index is -2.01. The Kier molecular flexibility index (Phi) is 8.34. The van der Waals surface area contributed by atoms with Crippen LogP contribution >= 0.6 is 0 Å². The number of rotatable bonds is 10. The van der Waals surface area contributed by atoms with Gasteiger partial charge in [0, 0.05) is 14.2 Å². The first-order valence-electron chi connectivity index (χ1n) is 6.96. The summed E-state index contributed by atoms with van der Waals surface area (Å²) in [6.45, 7) is 7.86. The second-order valence-electron chi connectivity index (χ2n) is 6.05. The zero-order valence-electron chi connectivity index (χ0n) is 13.3. The molecule has 0 radical (unpaired) electrons. The standard InChI is InChI=1S/C13H32NO4Si/c1-12(15)10-14(3,11-13(2)16)8-7-9-19(6,17-4)18-5/h12-13,15-16H,7-11H2,1-6H3/q+1. The van der Waals surface area contributed by atoms with Crippen LogP contribution in [0.3, 0.4) is 0 Å². The average Bonchev–Trinajstić information content (AvgIpc) is 2.26. The summed E-state index contributed by atoms with van der Waals surface area (Å²) in [7, 11) is 3.48. The molecule has 0 aromatic rings. The molecule has 5 nitrogen and oxygen atoms in total. The average molecular weight is 294 g/mol. The zero-order chi connectivity index (χ0) is 15.1. The van der Waals surface area contributed by atoms with E-state index in [0.29, 0.717) is 17.6 Å². The smallest absolute Gasteiger partial charge is 0.334 e. The van der Waals surface area contributed by atoms with Crippen molar-refractivity contribution in [2.45, 2.75) is 45.1 Å². The molecule has 0 amide bonds. The zero-order valence-corrected chi connectivity index (χ0v) is 14.3. The Balaban J connectivity index is 4.41. The maximum Gasteiger partial charge on any atom is 0.334 e. The van der Waals surface area contributed by atoms with Crippen LogP contribution in [0.5, 0.6) is 0 Å². The molecule has 0 fully saturated rings. The predicted octanol–water partition coefficient (Wildman–Crippen LogP) is 0.950. The van der Waals surface area contributed by atoms with Gasteiger partial charge in [0.05, 0.1) is 13.6 Å². The Morgan fingerprint density at radius 1 is 1.05 bits per heavy atom. The van der Waals surface area contributed by atoms with Crippen molar-refractivity contribution in [1.82, 2.24) is 0 Å². The fraction of sp³-hybridized carbons (Fsp3) is 1.00. The maximum atomic E-state index is 9.61. The van der Waals surface area contributed by atoms with E-state index in [9.17, 15) is 10.2 Å². The van der Waals surface area contributed by atoms with Crippen molar-refractivity contribution in [1.29, 1.82) is 0 Å². The lowest BCUT2D eigenvalue weighted by atomic mass is 10.2. The van der Waals surface area contributed by atoms with E-state index in [1.807, 2.05) is 0 Å². The highest BCUT2D eigenvalue weighted by molar-refractivity contribution is 6.65. The first-order chi connectivity index (χ1) is 8.66. The van der Waals surface area contributed by atoms with Crippen molar-refractivity contribution in [3.8, 4) is 0 Å². The number of quaternary nitrogens is 1. The third-order valence-corrected chi connectivity index (χ3v) is 6.59. The minimum Gasteiger partial charge on any atom is -0.398 e. The summed E-state index contributed by atoms with van der Waals surface area (Å²) in [5.41, 5.74) is 0. The van der Waals surface area contributed by atoms with Gasteiger partial charge >= 0.3 is 8.56 Å². The highest BCUT2D eigenvalue weighted by Gasteiger charge is 2.31. The van der Waals surface area contributed by atoms with E-state index >= 15 is 0 Å². The van der Waals surface area contributed by atoms with Crippen LogP contribution in [0.15, 0.2) is 0 Å². The molecule has 0 aromatic heterocycles. The topological polar surface area (TPSA) is 58.9 Å². The van der Waals surface area contributed by atoms with Gasteiger partial charge in [0.15, 0.2) is 0 Å². The first-order valence-corrected chi connectivity index (χ1v) is 9.49. The molecule has 2 unspecified atom stereocenters. The largest absolute Gasteiger partial charge is 0.398 e. The van der Waals surface area contributed by atoms with Gasteiger partial charge in [0.2, 0.25) is 0 Å². The van der Waals surface area contributed by atoms with E-state index in [2.05, 4.69) is 13.6 Å². The van der Waals surface area contributed by atoms with Crippen molar-refractivity contribution in [3.63, 3.8) is 0 Å². The predicted molar refractivity (Wildman–Crippen MR) is 79.2 cm³/mol. The number of aliphatic hydroxyl groups is 2. The van der Waals surface area contributed by atoms with Gasteiger partial charge in [-0.25, -0.2) is 0 Å². The Morgan fingerprint density at radius 3 is 1.79 bits per heavy atom. The molecule has 0 saturated carbocycles. The SMILES string of the molecule is CO[Si](C)(CCC[N+](C)(CC(C)O)CC(C)O)OC. The van der Waals surface area contributed by atoms with Crippen LogP contribution in [-0.2, 0) is 8.85 Å². The van der Waals surface area contributed by atoms with Gasteiger partial charge < -0.3 is 23.5 Å². The quantitative estimate of drug-likeness (QED) is 0.465. The molecule has 0 aromatic carbocycles. The molecule has 0 heterocycles. The van der Waals surface area contributed by atoms with Crippen LogP contribution in [0.4, 0.5) is 0 Å². The van der Waals surface area contributed by atoms with Gasteiger partial charge in [0.1, 0.15) is 25.3 Å². The molecule has 116 valence electrons. The van der Waals surface area contributed by atoms with E-state index < -0.39 is 8.56 Å². The van der Waals surface area contributed by atoms with E-state index in [1.54, 1.807) is 28.1 Å². The summed E-state index contributed by atoms with van der Waals surface area (Å²) in [5.74, 6) is 0. The Morgan fingerprint density at radius 2 is 1.47 bits per heavy atom. The van der Waals surface area contributed by atoms with E-state index in [1.165, 1.54) is 0 Å². The van der Waals surface area contributed by atoms with Crippen LogP contribution in [0.1, 0.15) is 20.3 Å². The molecule has 0 aliphatic carbocycles. The molecule has 0 rings (SSSR count). The molecule has 2 N–H and O–H groups in total. The summed E-state index contributed by atoms with van der Waals surface area (Å²) in [6.07, 6.45) is 0.245. The van der Waals surface area contributed by atoms with Gasteiger partial charge in [0.25, 0.3) is 0 Å². The van der Waals surface area contributed by atoms with Crippen molar-refractivity contribution in [2.24, 2.45) is 0 Å². The second-order valence-corrected chi connectivity index (χ2v) is 9.64. The second kappa shape index (κ2) is 8.34. The first kappa shape index (κ1) is 19.0. The summed E-state index contributed by atoms with van der Waals surface area (Å²) in [6, 6.07) is 0.924. The van der Waals surface area contributed by atoms with Crippen molar-refractivity contribution >= 4 is 8.56 Å². The van der Waals surface area contributed by atoms with E-state index in [4.69, 9.17) is 8.85 Å². The van der Waals surface area contributed by atoms with Crippen LogP contribution in [-0.4, -0.2) is 76.4 Å². The Labute approximate surface area is 119 Å². The van der Waals surface area contributed by atoms with E-state index in [-0.39, 0.29) is 12.2 Å². The van der Waals surface area contributed by atoms with Gasteiger partial charge in [-0.15, -0.1) is 0 Å². The fourth-order valence-electron chi connectivity index (χ4n) is 2.60. The molecule has 2 atom stereocenters.